The first-order chi connectivity index (χ1) is 11.2. The number of hydrogen-bond donors (Lipinski definition) is 2. The van der Waals surface area contributed by atoms with Gasteiger partial charge in [0.1, 0.15) is 12.3 Å². The highest BCUT2D eigenvalue weighted by Gasteiger charge is 2.30. The Hall–Kier alpha value is -2.84. The van der Waals surface area contributed by atoms with Crippen LogP contribution in [0.1, 0.15) is 29.4 Å². The lowest BCUT2D eigenvalue weighted by Gasteiger charge is -2.10. The van der Waals surface area contributed by atoms with E-state index in [4.69, 9.17) is 9.52 Å². The minimum absolute atomic E-state index is 0.0442. The molecular formula is C15H13F3N2O4. The first-order valence-corrected chi connectivity index (χ1v) is 6.89. The van der Waals surface area contributed by atoms with Crippen LogP contribution in [0.25, 0.3) is 11.5 Å². The van der Waals surface area contributed by atoms with Crippen LogP contribution < -0.4 is 5.32 Å². The van der Waals surface area contributed by atoms with Crippen molar-refractivity contribution >= 4 is 11.9 Å². The molecule has 2 N–H and O–H groups in total. The predicted molar refractivity (Wildman–Crippen MR) is 76.1 cm³/mol. The molecule has 9 heteroatoms. The lowest BCUT2D eigenvalue weighted by atomic mass is 10.1. The highest BCUT2D eigenvalue weighted by Crippen LogP contribution is 2.30. The summed E-state index contributed by atoms with van der Waals surface area (Å²) in [7, 11) is 0. The van der Waals surface area contributed by atoms with Crippen molar-refractivity contribution in [1.82, 2.24) is 10.3 Å². The second kappa shape index (κ2) is 6.73. The number of carboxylic acids is 1. The summed E-state index contributed by atoms with van der Waals surface area (Å²) in [4.78, 5) is 26.7. The molecule has 0 aliphatic rings. The molecule has 24 heavy (non-hydrogen) atoms. The largest absolute Gasteiger partial charge is 0.480 e. The molecule has 128 valence electrons. The summed E-state index contributed by atoms with van der Waals surface area (Å²) in [6.45, 7) is 1.59. The number of aliphatic carboxylic acids is 1. The van der Waals surface area contributed by atoms with Gasteiger partial charge in [0.05, 0.1) is 5.56 Å². The maximum Gasteiger partial charge on any atom is 0.416 e. The van der Waals surface area contributed by atoms with Gasteiger partial charge in [0.25, 0.3) is 5.91 Å². The van der Waals surface area contributed by atoms with E-state index in [1.165, 1.54) is 12.1 Å². The van der Waals surface area contributed by atoms with E-state index in [9.17, 15) is 22.8 Å². The number of amides is 1. The zero-order chi connectivity index (χ0) is 17.9. The van der Waals surface area contributed by atoms with Crippen molar-refractivity contribution in [3.05, 3.63) is 41.8 Å². The van der Waals surface area contributed by atoms with Gasteiger partial charge in [0.15, 0.2) is 5.69 Å². The van der Waals surface area contributed by atoms with Crippen molar-refractivity contribution in [1.29, 1.82) is 0 Å². The van der Waals surface area contributed by atoms with Crippen LogP contribution >= 0.6 is 0 Å². The Balaban J connectivity index is 2.15. The van der Waals surface area contributed by atoms with E-state index in [0.29, 0.717) is 0 Å². The molecule has 1 aromatic carbocycles. The standard InChI is InChI=1S/C15H13F3N2O4/c1-2-10(14(22)23)19-12(21)11-7-24-13(20-11)8-3-5-9(6-4-8)15(16,17)18/h3-7,10H,2H2,1H3,(H,19,21)(H,22,23). The smallest absolute Gasteiger partial charge is 0.416 e. The average Bonchev–Trinajstić information content (AvgIpc) is 3.01. The molecule has 1 heterocycles. The number of hydrogen-bond acceptors (Lipinski definition) is 4. The maximum atomic E-state index is 12.5. The number of aromatic nitrogens is 1. The topological polar surface area (TPSA) is 92.4 Å². The van der Waals surface area contributed by atoms with E-state index in [1.807, 2.05) is 0 Å². The van der Waals surface area contributed by atoms with Gasteiger partial charge in [-0.05, 0) is 30.7 Å². The Morgan fingerprint density at radius 1 is 1.29 bits per heavy atom. The first kappa shape index (κ1) is 17.5. The van der Waals surface area contributed by atoms with Crippen LogP contribution in [-0.2, 0) is 11.0 Å². The zero-order valence-corrected chi connectivity index (χ0v) is 12.4. The second-order valence-corrected chi connectivity index (χ2v) is 4.89. The van der Waals surface area contributed by atoms with Gasteiger partial charge in [-0.25, -0.2) is 9.78 Å². The molecular weight excluding hydrogens is 329 g/mol. The van der Waals surface area contributed by atoms with Gasteiger partial charge in [-0.15, -0.1) is 0 Å². The SMILES string of the molecule is CCC(NC(=O)c1coc(-c2ccc(C(F)(F)F)cc2)n1)C(=O)O. The van der Waals surface area contributed by atoms with Gasteiger partial charge in [0, 0.05) is 5.56 Å². The fourth-order valence-electron chi connectivity index (χ4n) is 1.88. The third-order valence-corrected chi connectivity index (χ3v) is 3.21. The molecule has 1 amide bonds. The normalized spacial score (nSPS) is 12.7. The van der Waals surface area contributed by atoms with E-state index < -0.39 is 29.7 Å². The molecule has 0 saturated heterocycles. The predicted octanol–water partition coefficient (Wildman–Crippen LogP) is 2.95. The van der Waals surface area contributed by atoms with Crippen molar-refractivity contribution in [2.45, 2.75) is 25.6 Å². The summed E-state index contributed by atoms with van der Waals surface area (Å²) in [6, 6.07) is 3.02. The number of carbonyl (C=O) groups is 2. The Bertz CT molecular complexity index is 738. The molecule has 0 bridgehead atoms. The number of nitrogens with zero attached hydrogens (tertiary/aromatic N) is 1. The number of nitrogens with one attached hydrogen (secondary N) is 1. The average molecular weight is 342 g/mol. The van der Waals surface area contributed by atoms with E-state index in [0.717, 1.165) is 18.4 Å². The molecule has 1 unspecified atom stereocenters. The highest BCUT2D eigenvalue weighted by molar-refractivity contribution is 5.95. The number of alkyl halides is 3. The molecule has 0 fully saturated rings. The summed E-state index contributed by atoms with van der Waals surface area (Å²) in [5.41, 5.74) is -0.722. The zero-order valence-electron chi connectivity index (χ0n) is 12.4. The van der Waals surface area contributed by atoms with Gasteiger partial charge in [0.2, 0.25) is 5.89 Å². The molecule has 0 saturated carbocycles. The number of halogens is 3. The van der Waals surface area contributed by atoms with Crippen LogP contribution in [-0.4, -0.2) is 28.0 Å². The van der Waals surface area contributed by atoms with E-state index >= 15 is 0 Å². The molecule has 0 aliphatic carbocycles. The number of carbonyl (C=O) groups excluding carboxylic acids is 1. The van der Waals surface area contributed by atoms with Crippen molar-refractivity contribution in [2.75, 3.05) is 0 Å². The monoisotopic (exact) mass is 342 g/mol. The molecule has 0 spiro atoms. The van der Waals surface area contributed by atoms with Crippen LogP contribution in [0.15, 0.2) is 34.9 Å². The molecule has 6 nitrogen and oxygen atoms in total. The lowest BCUT2D eigenvalue weighted by molar-refractivity contribution is -0.139. The van der Waals surface area contributed by atoms with Crippen LogP contribution in [0.5, 0.6) is 0 Å². The van der Waals surface area contributed by atoms with Gasteiger partial charge < -0.3 is 14.8 Å². The van der Waals surface area contributed by atoms with Crippen LogP contribution in [0.4, 0.5) is 13.2 Å². The molecule has 2 aromatic rings. The number of rotatable bonds is 5. The third-order valence-electron chi connectivity index (χ3n) is 3.21. The molecule has 2 rings (SSSR count). The van der Waals surface area contributed by atoms with Crippen LogP contribution in [0.3, 0.4) is 0 Å². The number of carboxylic acid groups (broad SMARTS) is 1. The van der Waals surface area contributed by atoms with Crippen molar-refractivity contribution in [2.24, 2.45) is 0 Å². The minimum Gasteiger partial charge on any atom is -0.480 e. The first-order valence-electron chi connectivity index (χ1n) is 6.89. The Morgan fingerprint density at radius 3 is 2.42 bits per heavy atom. The van der Waals surface area contributed by atoms with E-state index in [1.54, 1.807) is 6.92 Å². The minimum atomic E-state index is -4.45. The van der Waals surface area contributed by atoms with Gasteiger partial charge in [-0.3, -0.25) is 4.79 Å². The van der Waals surface area contributed by atoms with Crippen molar-refractivity contribution in [3.63, 3.8) is 0 Å². The van der Waals surface area contributed by atoms with Crippen LogP contribution in [0, 0.1) is 0 Å². The van der Waals surface area contributed by atoms with Gasteiger partial charge in [-0.2, -0.15) is 13.2 Å². The summed E-state index contributed by atoms with van der Waals surface area (Å²) < 4.78 is 42.6. The van der Waals surface area contributed by atoms with Gasteiger partial charge in [-0.1, -0.05) is 6.92 Å². The Morgan fingerprint density at radius 2 is 1.92 bits per heavy atom. The fourth-order valence-corrected chi connectivity index (χ4v) is 1.88. The molecule has 0 radical (unpaired) electrons. The molecule has 0 aliphatic heterocycles. The van der Waals surface area contributed by atoms with Crippen LogP contribution in [0.2, 0.25) is 0 Å². The lowest BCUT2D eigenvalue weighted by Crippen LogP contribution is -2.40. The third kappa shape index (κ3) is 3.92. The van der Waals surface area contributed by atoms with E-state index in [-0.39, 0.29) is 23.6 Å². The molecule has 1 atom stereocenters. The Kier molecular flexibility index (Phi) is 4.91. The number of oxazole rings is 1. The maximum absolute atomic E-state index is 12.5. The second-order valence-electron chi connectivity index (χ2n) is 4.89. The summed E-state index contributed by atoms with van der Waals surface area (Å²) >= 11 is 0. The van der Waals surface area contributed by atoms with Crippen molar-refractivity contribution in [3.8, 4) is 11.5 Å². The van der Waals surface area contributed by atoms with Gasteiger partial charge >= 0.3 is 12.1 Å². The van der Waals surface area contributed by atoms with E-state index in [2.05, 4.69) is 10.3 Å². The van der Waals surface area contributed by atoms with Crippen molar-refractivity contribution < 1.29 is 32.3 Å². The summed E-state index contributed by atoms with van der Waals surface area (Å²) in [5.74, 6) is -1.97. The molecule has 1 aromatic heterocycles. The quantitative estimate of drug-likeness (QED) is 0.871. The summed E-state index contributed by atoms with van der Waals surface area (Å²) in [5, 5.41) is 11.2. The fraction of sp³-hybridized carbons (Fsp3) is 0.267. The number of benzene rings is 1. The Labute approximate surface area is 134 Å². The highest BCUT2D eigenvalue weighted by atomic mass is 19.4. The summed E-state index contributed by atoms with van der Waals surface area (Å²) in [6.07, 6.45) is -3.26.